The first-order valence-electron chi connectivity index (χ1n) is 1.99. The standard InChI is InChI=1S/C2H2F2N2O4/c3-1-2(4,5(7)8)6(9)10/h1H2. The molecule has 0 aromatic heterocycles. The van der Waals surface area contributed by atoms with E-state index in [0.29, 0.717) is 0 Å². The highest BCUT2D eigenvalue weighted by molar-refractivity contribution is 4.46. The van der Waals surface area contributed by atoms with Crippen molar-refractivity contribution in [2.75, 3.05) is 6.67 Å². The van der Waals surface area contributed by atoms with E-state index in [1.807, 2.05) is 0 Å². The van der Waals surface area contributed by atoms with E-state index in [9.17, 15) is 29.0 Å². The summed E-state index contributed by atoms with van der Waals surface area (Å²) in [6, 6.07) is 0. The smallest absolute Gasteiger partial charge is 0.256 e. The molecule has 0 heterocycles. The van der Waals surface area contributed by atoms with Crippen molar-refractivity contribution in [3.8, 4) is 0 Å². The first kappa shape index (κ1) is 8.66. The quantitative estimate of drug-likeness (QED) is 0.251. The highest BCUT2D eigenvalue weighted by Gasteiger charge is 2.58. The van der Waals surface area contributed by atoms with Crippen LogP contribution in [0.1, 0.15) is 0 Å². The Labute approximate surface area is 52.7 Å². The number of hydrogen-bond donors (Lipinski definition) is 0. The van der Waals surface area contributed by atoms with Gasteiger partial charge in [-0.3, -0.25) is 20.2 Å². The minimum atomic E-state index is -4.18. The zero-order valence-corrected chi connectivity index (χ0v) is 4.49. The molecule has 0 fully saturated rings. The Balaban J connectivity index is 4.55. The number of alkyl halides is 2. The lowest BCUT2D eigenvalue weighted by molar-refractivity contribution is -0.831. The second kappa shape index (κ2) is 2.50. The Morgan fingerprint density at radius 3 is 1.60 bits per heavy atom. The van der Waals surface area contributed by atoms with E-state index in [1.165, 1.54) is 0 Å². The van der Waals surface area contributed by atoms with Crippen LogP contribution in [0.15, 0.2) is 0 Å². The van der Waals surface area contributed by atoms with Gasteiger partial charge < -0.3 is 0 Å². The predicted octanol–water partition coefficient (Wildman–Crippen LogP) is 0.133. The molecule has 0 spiro atoms. The number of hydrogen-bond acceptors (Lipinski definition) is 4. The summed E-state index contributed by atoms with van der Waals surface area (Å²) in [7, 11) is 0. The van der Waals surface area contributed by atoms with Gasteiger partial charge in [-0.1, -0.05) is 4.39 Å². The monoisotopic (exact) mass is 156 g/mol. The second-order valence-corrected chi connectivity index (χ2v) is 1.37. The van der Waals surface area contributed by atoms with Crippen molar-refractivity contribution in [3.05, 3.63) is 20.2 Å². The molecule has 0 aliphatic heterocycles. The molecule has 0 radical (unpaired) electrons. The van der Waals surface area contributed by atoms with Crippen molar-refractivity contribution in [2.24, 2.45) is 0 Å². The van der Waals surface area contributed by atoms with E-state index >= 15 is 0 Å². The minimum Gasteiger partial charge on any atom is -0.256 e. The van der Waals surface area contributed by atoms with Crippen LogP contribution >= 0.6 is 0 Å². The number of nitro groups is 2. The van der Waals surface area contributed by atoms with Crippen LogP contribution in [0.2, 0.25) is 0 Å². The van der Waals surface area contributed by atoms with E-state index in [-0.39, 0.29) is 0 Å². The number of nitrogens with zero attached hydrogens (tertiary/aromatic N) is 2. The van der Waals surface area contributed by atoms with E-state index in [1.54, 1.807) is 0 Å². The van der Waals surface area contributed by atoms with Gasteiger partial charge in [0.15, 0.2) is 0 Å². The van der Waals surface area contributed by atoms with E-state index < -0.39 is 22.4 Å². The third kappa shape index (κ3) is 1.14. The Bertz CT molecular complexity index is 157. The summed E-state index contributed by atoms with van der Waals surface area (Å²) in [6.07, 6.45) is 0. The summed E-state index contributed by atoms with van der Waals surface area (Å²) in [4.78, 5) is 15.0. The molecule has 0 aromatic carbocycles. The number of halogens is 2. The minimum absolute atomic E-state index is 1.92. The Hall–Kier alpha value is -1.34. The van der Waals surface area contributed by atoms with Crippen LogP contribution in [0.5, 0.6) is 0 Å². The van der Waals surface area contributed by atoms with Gasteiger partial charge in [-0.25, -0.2) is 4.39 Å². The molecule has 0 N–H and O–H groups in total. The maximum absolute atomic E-state index is 12.0. The zero-order valence-electron chi connectivity index (χ0n) is 4.49. The van der Waals surface area contributed by atoms with Crippen LogP contribution in [0.25, 0.3) is 0 Å². The fourth-order valence-corrected chi connectivity index (χ4v) is 0.164. The molecule has 0 aliphatic rings. The van der Waals surface area contributed by atoms with Crippen LogP contribution in [-0.4, -0.2) is 22.4 Å². The third-order valence-electron chi connectivity index (χ3n) is 0.730. The Morgan fingerprint density at radius 1 is 1.30 bits per heavy atom. The Morgan fingerprint density at radius 2 is 1.60 bits per heavy atom. The predicted molar refractivity (Wildman–Crippen MR) is 23.8 cm³/mol. The zero-order chi connectivity index (χ0) is 8.36. The van der Waals surface area contributed by atoms with E-state index in [4.69, 9.17) is 0 Å². The molecule has 0 saturated heterocycles. The largest absolute Gasteiger partial charge is 0.642 e. The van der Waals surface area contributed by atoms with Gasteiger partial charge in [-0.15, -0.1) is 0 Å². The molecule has 0 aromatic rings. The lowest BCUT2D eigenvalue weighted by Crippen LogP contribution is -2.43. The van der Waals surface area contributed by atoms with Gasteiger partial charge in [-0.05, 0) is 0 Å². The van der Waals surface area contributed by atoms with E-state index in [2.05, 4.69) is 0 Å². The molecule has 0 aliphatic carbocycles. The summed E-state index contributed by atoms with van der Waals surface area (Å²) in [6.45, 7) is -2.27. The summed E-state index contributed by atoms with van der Waals surface area (Å²) in [5.74, 6) is -4.18. The van der Waals surface area contributed by atoms with Crippen LogP contribution in [0.3, 0.4) is 0 Å². The van der Waals surface area contributed by atoms with Gasteiger partial charge in [0, 0.05) is 0 Å². The summed E-state index contributed by atoms with van der Waals surface area (Å²) >= 11 is 0. The van der Waals surface area contributed by atoms with Crippen LogP contribution < -0.4 is 0 Å². The molecule has 0 rings (SSSR count). The maximum atomic E-state index is 12.0. The van der Waals surface area contributed by atoms with Gasteiger partial charge in [0.1, 0.15) is 9.85 Å². The topological polar surface area (TPSA) is 86.3 Å². The van der Waals surface area contributed by atoms with Gasteiger partial charge in [-0.2, -0.15) is 0 Å². The average molecular weight is 156 g/mol. The van der Waals surface area contributed by atoms with Crippen molar-refractivity contribution < 1.29 is 18.6 Å². The lowest BCUT2D eigenvalue weighted by atomic mass is 10.5. The third-order valence-corrected chi connectivity index (χ3v) is 0.730. The van der Waals surface area contributed by atoms with Gasteiger partial charge in [0.25, 0.3) is 6.67 Å². The van der Waals surface area contributed by atoms with Crippen molar-refractivity contribution in [2.45, 2.75) is 5.92 Å². The van der Waals surface area contributed by atoms with Gasteiger partial charge in [0.2, 0.25) is 0 Å². The van der Waals surface area contributed by atoms with Gasteiger partial charge in [0.05, 0.1) is 0 Å². The van der Waals surface area contributed by atoms with Crippen molar-refractivity contribution in [1.82, 2.24) is 0 Å². The van der Waals surface area contributed by atoms with Crippen LogP contribution in [0, 0.1) is 20.2 Å². The number of rotatable bonds is 3. The first-order valence-corrected chi connectivity index (χ1v) is 1.99. The highest BCUT2D eigenvalue weighted by Crippen LogP contribution is 2.12. The summed E-state index contributed by atoms with van der Waals surface area (Å²) in [5.41, 5.74) is 0. The first-order chi connectivity index (χ1) is 4.45. The molecule has 0 bridgehead atoms. The summed E-state index contributed by atoms with van der Waals surface area (Å²) < 4.78 is 23.3. The van der Waals surface area contributed by atoms with Crippen molar-refractivity contribution in [1.29, 1.82) is 0 Å². The normalized spacial score (nSPS) is 11.0. The highest BCUT2D eigenvalue weighted by atomic mass is 19.2. The van der Waals surface area contributed by atoms with Crippen molar-refractivity contribution in [3.63, 3.8) is 0 Å². The fourth-order valence-electron chi connectivity index (χ4n) is 0.164. The van der Waals surface area contributed by atoms with Gasteiger partial charge >= 0.3 is 5.92 Å². The van der Waals surface area contributed by atoms with Crippen LogP contribution in [-0.2, 0) is 0 Å². The summed E-state index contributed by atoms with van der Waals surface area (Å²) in [5, 5.41) is 18.9. The fraction of sp³-hybridized carbons (Fsp3) is 1.00. The van der Waals surface area contributed by atoms with Crippen molar-refractivity contribution >= 4 is 0 Å². The molecular formula is C2H2F2N2O4. The molecule has 0 unspecified atom stereocenters. The average Bonchev–Trinajstić information content (AvgIpc) is 1.85. The lowest BCUT2D eigenvalue weighted by Gasteiger charge is -2.01. The molecule has 0 amide bonds. The SMILES string of the molecule is O=[N+]([O-])C(F)(CF)[N+](=O)[O-]. The molecule has 6 nitrogen and oxygen atoms in total. The van der Waals surface area contributed by atoms with E-state index in [0.717, 1.165) is 0 Å². The molecule has 58 valence electrons. The molecule has 0 saturated carbocycles. The molecular weight excluding hydrogens is 154 g/mol. The molecule has 8 heteroatoms. The second-order valence-electron chi connectivity index (χ2n) is 1.37. The maximum Gasteiger partial charge on any atom is 0.642 e. The Kier molecular flexibility index (Phi) is 2.16. The van der Waals surface area contributed by atoms with Crippen LogP contribution in [0.4, 0.5) is 8.78 Å². The molecule has 10 heavy (non-hydrogen) atoms. The molecule has 0 atom stereocenters.